The molecule has 0 spiro atoms. The third-order valence-electron chi connectivity index (χ3n) is 2.53. The van der Waals surface area contributed by atoms with Crippen LogP contribution < -0.4 is 11.5 Å². The summed E-state index contributed by atoms with van der Waals surface area (Å²) in [4.78, 5) is 21.8. The van der Waals surface area contributed by atoms with Crippen LogP contribution >= 0.6 is 0 Å². The maximum atomic E-state index is 11.0. The number of allylic oxidation sites excluding steroid dienone is 1. The Kier molecular flexibility index (Phi) is 2.55. The van der Waals surface area contributed by atoms with Gasteiger partial charge in [-0.1, -0.05) is 6.92 Å². The van der Waals surface area contributed by atoms with Crippen molar-refractivity contribution in [3.63, 3.8) is 0 Å². The molecule has 15 heavy (non-hydrogen) atoms. The van der Waals surface area contributed by atoms with Crippen molar-refractivity contribution in [2.45, 2.75) is 12.5 Å². The molecule has 0 bridgehead atoms. The molecule has 0 fully saturated rings. The molecule has 0 aromatic carbocycles. The molecule has 1 aliphatic carbocycles. The Labute approximate surface area is 85.9 Å². The number of rotatable bonds is 2. The van der Waals surface area contributed by atoms with Gasteiger partial charge in [0.25, 0.3) is 0 Å². The summed E-state index contributed by atoms with van der Waals surface area (Å²) in [5, 5.41) is 17.8. The molecule has 0 saturated heterocycles. The van der Waals surface area contributed by atoms with Crippen molar-refractivity contribution in [3.8, 4) is 0 Å². The minimum Gasteiger partial charge on any atom is -0.480 e. The first kappa shape index (κ1) is 11.3. The Morgan fingerprint density at radius 2 is 2.00 bits per heavy atom. The fraction of sp³-hybridized carbons (Fsp3) is 0.333. The maximum absolute atomic E-state index is 11.0. The van der Waals surface area contributed by atoms with Crippen LogP contribution in [0.3, 0.4) is 0 Å². The number of carbonyl (C=O) groups is 2. The van der Waals surface area contributed by atoms with Gasteiger partial charge in [-0.15, -0.1) is 0 Å². The van der Waals surface area contributed by atoms with E-state index in [0.717, 1.165) is 6.08 Å². The molecule has 6 N–H and O–H groups in total. The standard InChI is InChI=1S/C9H12N2O4/c1-4-6(7(12)13)2-5(10)3-9(4,11)8(14)15/h2-4H,10-11H2,1H3,(H,12,13)(H,14,15). The first-order valence-corrected chi connectivity index (χ1v) is 4.24. The number of carboxylic acids is 2. The topological polar surface area (TPSA) is 127 Å². The second kappa shape index (κ2) is 3.39. The molecule has 0 amide bonds. The molecule has 6 heteroatoms. The number of hydrogen-bond acceptors (Lipinski definition) is 4. The Morgan fingerprint density at radius 1 is 1.47 bits per heavy atom. The molecule has 6 nitrogen and oxygen atoms in total. The van der Waals surface area contributed by atoms with Gasteiger partial charge in [0.1, 0.15) is 5.54 Å². The predicted molar refractivity (Wildman–Crippen MR) is 51.7 cm³/mol. The summed E-state index contributed by atoms with van der Waals surface area (Å²) < 4.78 is 0. The quantitative estimate of drug-likeness (QED) is 0.478. The summed E-state index contributed by atoms with van der Waals surface area (Å²) >= 11 is 0. The predicted octanol–water partition coefficient (Wildman–Crippen LogP) is -0.728. The molecule has 0 aromatic rings. The van der Waals surface area contributed by atoms with Crippen LogP contribution in [0, 0.1) is 5.92 Å². The Morgan fingerprint density at radius 3 is 2.40 bits per heavy atom. The second-order valence-electron chi connectivity index (χ2n) is 3.51. The lowest BCUT2D eigenvalue weighted by Gasteiger charge is -2.31. The average molecular weight is 212 g/mol. The monoisotopic (exact) mass is 212 g/mol. The lowest BCUT2D eigenvalue weighted by Crippen LogP contribution is -2.54. The van der Waals surface area contributed by atoms with E-state index < -0.39 is 23.4 Å². The van der Waals surface area contributed by atoms with Gasteiger partial charge >= 0.3 is 11.9 Å². The second-order valence-corrected chi connectivity index (χ2v) is 3.51. The highest BCUT2D eigenvalue weighted by molar-refractivity contribution is 5.93. The molecule has 0 saturated carbocycles. The van der Waals surface area contributed by atoms with Crippen LogP contribution in [0.25, 0.3) is 0 Å². The van der Waals surface area contributed by atoms with Gasteiger partial charge in [0.2, 0.25) is 0 Å². The molecule has 0 radical (unpaired) electrons. The first-order valence-electron chi connectivity index (χ1n) is 4.24. The number of aliphatic carboxylic acids is 2. The van der Waals surface area contributed by atoms with Crippen LogP contribution in [0.2, 0.25) is 0 Å². The zero-order valence-corrected chi connectivity index (χ0v) is 8.10. The number of carboxylic acid groups (broad SMARTS) is 2. The van der Waals surface area contributed by atoms with Gasteiger partial charge in [0, 0.05) is 17.2 Å². The molecule has 82 valence electrons. The van der Waals surface area contributed by atoms with E-state index in [0.29, 0.717) is 0 Å². The summed E-state index contributed by atoms with van der Waals surface area (Å²) in [7, 11) is 0. The van der Waals surface area contributed by atoms with Crippen LogP contribution in [-0.2, 0) is 9.59 Å². The first-order chi connectivity index (χ1) is 6.79. The number of hydrogen-bond donors (Lipinski definition) is 4. The summed E-state index contributed by atoms with van der Waals surface area (Å²) in [6.07, 6.45) is 2.38. The lowest BCUT2D eigenvalue weighted by molar-refractivity contribution is -0.143. The highest BCUT2D eigenvalue weighted by Crippen LogP contribution is 2.29. The zero-order valence-electron chi connectivity index (χ0n) is 8.10. The van der Waals surface area contributed by atoms with Crippen LogP contribution in [-0.4, -0.2) is 27.7 Å². The molecule has 0 aliphatic heterocycles. The maximum Gasteiger partial charge on any atom is 0.332 e. The summed E-state index contributed by atoms with van der Waals surface area (Å²) in [5.74, 6) is -3.35. The van der Waals surface area contributed by atoms with Gasteiger partial charge in [-0.3, -0.25) is 0 Å². The van der Waals surface area contributed by atoms with Crippen molar-refractivity contribution in [3.05, 3.63) is 23.4 Å². The fourth-order valence-electron chi connectivity index (χ4n) is 1.50. The molecular formula is C9H12N2O4. The Hall–Kier alpha value is -1.82. The van der Waals surface area contributed by atoms with E-state index in [1.807, 2.05) is 0 Å². The normalized spacial score (nSPS) is 30.4. The van der Waals surface area contributed by atoms with Crippen molar-refractivity contribution in [1.29, 1.82) is 0 Å². The summed E-state index contributed by atoms with van der Waals surface area (Å²) in [6, 6.07) is 0. The van der Waals surface area contributed by atoms with E-state index in [4.69, 9.17) is 21.7 Å². The van der Waals surface area contributed by atoms with Crippen LogP contribution in [0.5, 0.6) is 0 Å². The molecule has 0 aromatic heterocycles. The van der Waals surface area contributed by atoms with Crippen molar-refractivity contribution in [2.24, 2.45) is 17.4 Å². The van der Waals surface area contributed by atoms with Gasteiger partial charge in [0.15, 0.2) is 0 Å². The largest absolute Gasteiger partial charge is 0.480 e. The molecule has 1 rings (SSSR count). The van der Waals surface area contributed by atoms with Crippen LogP contribution in [0.1, 0.15) is 6.92 Å². The van der Waals surface area contributed by atoms with E-state index in [-0.39, 0.29) is 11.3 Å². The van der Waals surface area contributed by atoms with Crippen LogP contribution in [0.4, 0.5) is 0 Å². The van der Waals surface area contributed by atoms with E-state index in [1.54, 1.807) is 0 Å². The lowest BCUT2D eigenvalue weighted by atomic mass is 9.77. The third kappa shape index (κ3) is 1.71. The highest BCUT2D eigenvalue weighted by Gasteiger charge is 2.43. The van der Waals surface area contributed by atoms with Gasteiger partial charge in [-0.05, 0) is 12.2 Å². The van der Waals surface area contributed by atoms with Crippen molar-refractivity contribution in [1.82, 2.24) is 0 Å². The van der Waals surface area contributed by atoms with E-state index in [1.165, 1.54) is 13.0 Å². The third-order valence-corrected chi connectivity index (χ3v) is 2.53. The van der Waals surface area contributed by atoms with Crippen LogP contribution in [0.15, 0.2) is 23.4 Å². The highest BCUT2D eigenvalue weighted by atomic mass is 16.4. The summed E-state index contributed by atoms with van der Waals surface area (Å²) in [6.45, 7) is 1.44. The minimum absolute atomic E-state index is 0.0513. The van der Waals surface area contributed by atoms with Crippen molar-refractivity contribution >= 4 is 11.9 Å². The molecule has 1 aliphatic rings. The average Bonchev–Trinajstić information content (AvgIpc) is 2.10. The van der Waals surface area contributed by atoms with E-state index in [2.05, 4.69) is 0 Å². The molecule has 2 atom stereocenters. The smallest absolute Gasteiger partial charge is 0.332 e. The van der Waals surface area contributed by atoms with Gasteiger partial charge in [-0.2, -0.15) is 0 Å². The van der Waals surface area contributed by atoms with Gasteiger partial charge < -0.3 is 21.7 Å². The van der Waals surface area contributed by atoms with Gasteiger partial charge in [-0.25, -0.2) is 9.59 Å². The number of nitrogens with two attached hydrogens (primary N) is 2. The minimum atomic E-state index is -1.76. The van der Waals surface area contributed by atoms with E-state index in [9.17, 15) is 9.59 Å². The van der Waals surface area contributed by atoms with Crippen molar-refractivity contribution < 1.29 is 19.8 Å². The fourth-order valence-corrected chi connectivity index (χ4v) is 1.50. The van der Waals surface area contributed by atoms with E-state index >= 15 is 0 Å². The zero-order chi connectivity index (χ0) is 11.8. The van der Waals surface area contributed by atoms with Crippen molar-refractivity contribution in [2.75, 3.05) is 0 Å². The van der Waals surface area contributed by atoms with Gasteiger partial charge in [0.05, 0.1) is 0 Å². The molecule has 2 unspecified atom stereocenters. The Balaban J connectivity index is 3.26. The molecular weight excluding hydrogens is 200 g/mol. The summed E-state index contributed by atoms with van der Waals surface area (Å²) in [5.41, 5.74) is 9.22. The Bertz CT molecular complexity index is 386. The SMILES string of the molecule is CC1C(C(=O)O)=CC(N)=CC1(N)C(=O)O. The molecule has 0 heterocycles.